The second-order valence-electron chi connectivity index (χ2n) is 12.9. The van der Waals surface area contributed by atoms with Gasteiger partial charge in [-0.2, -0.15) is 0 Å². The molecular formula is C34H57N5O7. The van der Waals surface area contributed by atoms with E-state index in [2.05, 4.69) is 10.3 Å². The summed E-state index contributed by atoms with van der Waals surface area (Å²) in [4.78, 5) is 60.7. The molecule has 4 N–H and O–H groups in total. The van der Waals surface area contributed by atoms with E-state index in [9.17, 15) is 24.3 Å². The Hall–Kier alpha value is -3.09. The van der Waals surface area contributed by atoms with Gasteiger partial charge in [0.25, 0.3) is 0 Å². The topological polar surface area (TPSA) is 164 Å². The number of nitrogens with two attached hydrogens (primary N) is 1. The van der Waals surface area contributed by atoms with E-state index >= 15 is 0 Å². The molecule has 8 atom stereocenters. The third-order valence-corrected chi connectivity index (χ3v) is 9.66. The number of aliphatic hydroxyl groups excluding tert-OH is 1. The number of carbonyl (C=O) groups is 4. The van der Waals surface area contributed by atoms with Gasteiger partial charge in [0.15, 0.2) is 0 Å². The zero-order valence-corrected chi connectivity index (χ0v) is 29.0. The van der Waals surface area contributed by atoms with Crippen molar-refractivity contribution in [2.24, 2.45) is 35.3 Å². The lowest BCUT2D eigenvalue weighted by Gasteiger charge is -2.41. The summed E-state index contributed by atoms with van der Waals surface area (Å²) in [7, 11) is 4.71. The number of aliphatic hydroxyl groups is 1. The molecule has 0 spiro atoms. The number of likely N-dealkylation sites (tertiary alicyclic amines) is 1. The molecule has 0 radical (unpaired) electrons. The van der Waals surface area contributed by atoms with Gasteiger partial charge in [-0.3, -0.25) is 24.2 Å². The summed E-state index contributed by atoms with van der Waals surface area (Å²) < 4.78 is 11.8. The van der Waals surface area contributed by atoms with Crippen molar-refractivity contribution in [1.82, 2.24) is 20.1 Å². The fourth-order valence-corrected chi connectivity index (χ4v) is 6.93. The van der Waals surface area contributed by atoms with Crippen LogP contribution >= 0.6 is 0 Å². The van der Waals surface area contributed by atoms with E-state index in [-0.39, 0.29) is 36.1 Å². The second-order valence-corrected chi connectivity index (χ2v) is 12.9. The predicted molar refractivity (Wildman–Crippen MR) is 175 cm³/mol. The number of aromatic nitrogens is 1. The first kappa shape index (κ1) is 39.1. The van der Waals surface area contributed by atoms with Crippen LogP contribution < -0.4 is 11.1 Å². The number of nitrogens with one attached hydrogen (secondary N) is 1. The molecule has 1 aromatic rings. The summed E-state index contributed by atoms with van der Waals surface area (Å²) in [6.07, 6.45) is 3.35. The molecule has 1 unspecified atom stereocenters. The van der Waals surface area contributed by atoms with Crippen molar-refractivity contribution in [2.45, 2.75) is 91.0 Å². The van der Waals surface area contributed by atoms with Crippen molar-refractivity contribution in [3.63, 3.8) is 0 Å². The molecule has 46 heavy (non-hydrogen) atoms. The fourth-order valence-electron chi connectivity index (χ4n) is 6.93. The maximum absolute atomic E-state index is 13.9. The van der Waals surface area contributed by atoms with Crippen LogP contribution in [0.5, 0.6) is 0 Å². The van der Waals surface area contributed by atoms with Gasteiger partial charge in [0.2, 0.25) is 23.6 Å². The maximum atomic E-state index is 13.9. The molecule has 1 fully saturated rings. The van der Waals surface area contributed by atoms with Crippen LogP contribution in [0.25, 0.3) is 0 Å². The van der Waals surface area contributed by atoms with Gasteiger partial charge in [-0.15, -0.1) is 0 Å². The molecule has 260 valence electrons. The zero-order chi connectivity index (χ0) is 34.6. The van der Waals surface area contributed by atoms with E-state index in [4.69, 9.17) is 15.2 Å². The lowest BCUT2D eigenvalue weighted by atomic mass is 9.81. The number of hydrogen-bond donors (Lipinski definition) is 3. The molecular weight excluding hydrogens is 590 g/mol. The molecule has 0 saturated carbocycles. The molecule has 1 aromatic heterocycles. The van der Waals surface area contributed by atoms with E-state index in [1.165, 1.54) is 12.0 Å². The monoisotopic (exact) mass is 647 g/mol. The van der Waals surface area contributed by atoms with Gasteiger partial charge in [-0.05, 0) is 36.8 Å². The number of primary amides is 1. The summed E-state index contributed by atoms with van der Waals surface area (Å²) in [6, 6.07) is 4.86. The molecule has 2 heterocycles. The maximum Gasteiger partial charge on any atom is 0.228 e. The van der Waals surface area contributed by atoms with Crippen LogP contribution in [-0.4, -0.2) is 109 Å². The number of likely N-dealkylation sites (N-methyl/N-ethyl adjacent to an activating group) is 1. The quantitative estimate of drug-likeness (QED) is 0.205. The number of methoxy groups -OCH3 is 2. The largest absolute Gasteiger partial charge is 0.396 e. The van der Waals surface area contributed by atoms with E-state index in [0.717, 1.165) is 12.1 Å². The average molecular weight is 648 g/mol. The number of ether oxygens (including phenoxy) is 2. The molecule has 1 saturated heterocycles. The van der Waals surface area contributed by atoms with Gasteiger partial charge in [0.1, 0.15) is 0 Å². The van der Waals surface area contributed by atoms with Gasteiger partial charge in [-0.25, -0.2) is 0 Å². The Labute approximate surface area is 274 Å². The third kappa shape index (κ3) is 9.95. The first-order chi connectivity index (χ1) is 21.8. The van der Waals surface area contributed by atoms with Crippen molar-refractivity contribution in [3.05, 3.63) is 30.1 Å². The highest BCUT2D eigenvalue weighted by Crippen LogP contribution is 2.30. The average Bonchev–Trinajstić information content (AvgIpc) is 3.52. The highest BCUT2D eigenvalue weighted by Gasteiger charge is 2.43. The number of nitrogens with zero attached hydrogens (tertiary/aromatic N) is 3. The Balaban J connectivity index is 2.20. The summed E-state index contributed by atoms with van der Waals surface area (Å²) in [6.45, 7) is 9.83. The smallest absolute Gasteiger partial charge is 0.228 e. The van der Waals surface area contributed by atoms with Crippen molar-refractivity contribution in [2.75, 3.05) is 41.0 Å². The van der Waals surface area contributed by atoms with Crippen LogP contribution in [0, 0.1) is 29.6 Å². The Morgan fingerprint density at radius 3 is 2.37 bits per heavy atom. The molecule has 12 heteroatoms. The van der Waals surface area contributed by atoms with Crippen LogP contribution in [0.3, 0.4) is 0 Å². The first-order valence-corrected chi connectivity index (χ1v) is 16.5. The Bertz CT molecular complexity index is 1120. The number of amides is 4. The van der Waals surface area contributed by atoms with E-state index < -0.39 is 54.4 Å². The normalized spacial score (nSPS) is 19.5. The van der Waals surface area contributed by atoms with Crippen LogP contribution in [0.15, 0.2) is 24.4 Å². The minimum Gasteiger partial charge on any atom is -0.396 e. The van der Waals surface area contributed by atoms with Gasteiger partial charge in [0, 0.05) is 52.7 Å². The summed E-state index contributed by atoms with van der Waals surface area (Å²) in [5.74, 6) is -4.02. The van der Waals surface area contributed by atoms with E-state index in [1.54, 1.807) is 39.1 Å². The molecule has 1 aliphatic rings. The van der Waals surface area contributed by atoms with Gasteiger partial charge < -0.3 is 35.4 Å². The summed E-state index contributed by atoms with van der Waals surface area (Å²) >= 11 is 0. The minimum atomic E-state index is -1.01. The lowest BCUT2D eigenvalue weighted by Crippen LogP contribution is -2.55. The molecule has 4 amide bonds. The van der Waals surface area contributed by atoms with Crippen molar-refractivity contribution >= 4 is 23.6 Å². The van der Waals surface area contributed by atoms with Crippen molar-refractivity contribution in [1.29, 1.82) is 0 Å². The lowest BCUT2D eigenvalue weighted by molar-refractivity contribution is -0.151. The van der Waals surface area contributed by atoms with Crippen molar-refractivity contribution in [3.8, 4) is 0 Å². The SMILES string of the molecule is CC[C@H](C)[C@@H]([C@@H](CC(=O)N1CCC[C@H]1[C@H](OC)[C@@H](C)C(=O)NCCc1ccccn1)OC)N(C)C(=O)[C@H](CO)C(C(N)=O)C(C)C. The van der Waals surface area contributed by atoms with E-state index in [1.807, 2.05) is 39.0 Å². The molecule has 1 aliphatic heterocycles. The van der Waals surface area contributed by atoms with Gasteiger partial charge >= 0.3 is 0 Å². The van der Waals surface area contributed by atoms with Gasteiger partial charge in [-0.1, -0.05) is 47.1 Å². The number of carbonyl (C=O) groups excluding carboxylic acids is 4. The van der Waals surface area contributed by atoms with Crippen LogP contribution in [-0.2, 0) is 35.1 Å². The summed E-state index contributed by atoms with van der Waals surface area (Å²) in [5, 5.41) is 13.2. The highest BCUT2D eigenvalue weighted by atomic mass is 16.5. The van der Waals surface area contributed by atoms with Gasteiger partial charge in [0.05, 0.1) is 55.1 Å². The number of hydrogen-bond acceptors (Lipinski definition) is 8. The molecule has 2 rings (SSSR count). The fraction of sp³-hybridized carbons (Fsp3) is 0.735. The highest BCUT2D eigenvalue weighted by molar-refractivity contribution is 5.87. The third-order valence-electron chi connectivity index (χ3n) is 9.66. The Morgan fingerprint density at radius 1 is 1.15 bits per heavy atom. The molecule has 0 aromatic carbocycles. The molecule has 12 nitrogen and oxygen atoms in total. The van der Waals surface area contributed by atoms with Crippen LogP contribution in [0.2, 0.25) is 0 Å². The predicted octanol–water partition coefficient (Wildman–Crippen LogP) is 2.03. The first-order valence-electron chi connectivity index (χ1n) is 16.5. The zero-order valence-electron chi connectivity index (χ0n) is 29.0. The Morgan fingerprint density at radius 2 is 1.85 bits per heavy atom. The van der Waals surface area contributed by atoms with E-state index in [0.29, 0.717) is 32.4 Å². The summed E-state index contributed by atoms with van der Waals surface area (Å²) in [5.41, 5.74) is 6.53. The Kier molecular flexibility index (Phi) is 16.1. The molecule has 0 aliphatic carbocycles. The van der Waals surface area contributed by atoms with Crippen LogP contribution in [0.1, 0.15) is 66.0 Å². The van der Waals surface area contributed by atoms with Crippen LogP contribution in [0.4, 0.5) is 0 Å². The van der Waals surface area contributed by atoms with Crippen molar-refractivity contribution < 1.29 is 33.8 Å². The number of pyridine rings is 1. The number of rotatable bonds is 19. The minimum absolute atomic E-state index is 0.00787. The second kappa shape index (κ2) is 18.9. The standard InChI is InChI=1S/C34H57N5O7/c1-9-22(4)30(38(6)34(44)25(20-40)29(21(2)3)32(35)42)27(45-7)19-28(41)39-18-12-14-26(39)31(46-8)23(5)33(43)37-17-15-24-13-10-11-16-36-24/h10-11,13,16,21-23,25-27,29-31,40H,9,12,14-15,17-20H2,1-8H3,(H2,35,42)(H,37,43)/t22-,23+,25+,26-,27+,29?,30-,31+/m0/s1. The molecule has 0 bridgehead atoms.